The Morgan fingerprint density at radius 3 is 1.52 bits per heavy atom. The Labute approximate surface area is 266 Å². The molecule has 3 aromatic heterocycles. The number of nitrogens with zero attached hydrogens (tertiary/aromatic N) is 3. The van der Waals surface area contributed by atoms with Crippen molar-refractivity contribution < 1.29 is 0 Å². The SMILES string of the molecule is c1ccc(-c2cc(-c3cccnc3)cc(-c3ccc4ccc5c(-c6ccc(-c7cccnc7)cc6)ccc6ccc3c4c65)c2)nc1. The summed E-state index contributed by atoms with van der Waals surface area (Å²) in [6.45, 7) is 0. The van der Waals surface area contributed by atoms with Crippen LogP contribution in [0.25, 0.3) is 88.1 Å². The number of rotatable bonds is 5. The summed E-state index contributed by atoms with van der Waals surface area (Å²) in [5.41, 5.74) is 11.3. The molecule has 0 unspecified atom stereocenters. The van der Waals surface area contributed by atoms with Gasteiger partial charge in [0.15, 0.2) is 0 Å². The van der Waals surface area contributed by atoms with Crippen molar-refractivity contribution >= 4 is 32.3 Å². The van der Waals surface area contributed by atoms with E-state index in [1.165, 1.54) is 49.0 Å². The summed E-state index contributed by atoms with van der Waals surface area (Å²) >= 11 is 0. The third-order valence-electron chi connectivity index (χ3n) is 9.05. The van der Waals surface area contributed by atoms with Crippen molar-refractivity contribution in [3.8, 4) is 55.8 Å². The van der Waals surface area contributed by atoms with Crippen molar-refractivity contribution in [1.82, 2.24) is 15.0 Å². The van der Waals surface area contributed by atoms with E-state index < -0.39 is 0 Å². The second-order valence-corrected chi connectivity index (χ2v) is 11.7. The predicted octanol–water partition coefficient (Wildman–Crippen LogP) is 11.1. The van der Waals surface area contributed by atoms with Crippen LogP contribution in [0.2, 0.25) is 0 Å². The molecule has 0 amide bonds. The molecule has 0 saturated carbocycles. The van der Waals surface area contributed by atoms with Crippen LogP contribution in [-0.4, -0.2) is 15.0 Å². The lowest BCUT2D eigenvalue weighted by atomic mass is 9.86. The second-order valence-electron chi connectivity index (χ2n) is 11.7. The van der Waals surface area contributed by atoms with Gasteiger partial charge in [-0.1, -0.05) is 91.0 Å². The smallest absolute Gasteiger partial charge is 0.0702 e. The predicted molar refractivity (Wildman–Crippen MR) is 191 cm³/mol. The first-order valence-electron chi connectivity index (χ1n) is 15.5. The molecule has 9 rings (SSSR count). The lowest BCUT2D eigenvalue weighted by molar-refractivity contribution is 1.32. The Balaban J connectivity index is 1.24. The normalized spacial score (nSPS) is 11.5. The lowest BCUT2D eigenvalue weighted by Gasteiger charge is -2.17. The summed E-state index contributed by atoms with van der Waals surface area (Å²) in [6, 6.07) is 48.0. The van der Waals surface area contributed by atoms with E-state index in [-0.39, 0.29) is 0 Å². The van der Waals surface area contributed by atoms with Crippen LogP contribution in [0.5, 0.6) is 0 Å². The van der Waals surface area contributed by atoms with Crippen LogP contribution in [0.3, 0.4) is 0 Å². The molecule has 0 fully saturated rings. The van der Waals surface area contributed by atoms with E-state index in [1.807, 2.05) is 55.2 Å². The number of hydrogen-bond acceptors (Lipinski definition) is 3. The van der Waals surface area contributed by atoms with Gasteiger partial charge in [-0.05, 0) is 114 Å². The molecule has 3 heteroatoms. The summed E-state index contributed by atoms with van der Waals surface area (Å²) in [7, 11) is 0. The van der Waals surface area contributed by atoms with Gasteiger partial charge in [0.2, 0.25) is 0 Å². The molecule has 0 aliphatic heterocycles. The molecule has 6 aromatic carbocycles. The topological polar surface area (TPSA) is 38.7 Å². The Bertz CT molecular complexity index is 2430. The third kappa shape index (κ3) is 4.41. The number of pyridine rings is 3. The summed E-state index contributed by atoms with van der Waals surface area (Å²) < 4.78 is 0. The van der Waals surface area contributed by atoms with Crippen molar-refractivity contribution in [2.45, 2.75) is 0 Å². The monoisotopic (exact) mass is 585 g/mol. The average Bonchev–Trinajstić information content (AvgIpc) is 3.14. The minimum atomic E-state index is 0.950. The van der Waals surface area contributed by atoms with Crippen LogP contribution in [0.15, 0.2) is 164 Å². The van der Waals surface area contributed by atoms with Crippen molar-refractivity contribution in [1.29, 1.82) is 0 Å². The van der Waals surface area contributed by atoms with E-state index >= 15 is 0 Å². The Morgan fingerprint density at radius 2 is 0.913 bits per heavy atom. The minimum Gasteiger partial charge on any atom is -0.264 e. The summed E-state index contributed by atoms with van der Waals surface area (Å²) in [4.78, 5) is 13.4. The summed E-state index contributed by atoms with van der Waals surface area (Å²) in [5.74, 6) is 0. The fourth-order valence-electron chi connectivity index (χ4n) is 6.84. The van der Waals surface area contributed by atoms with Gasteiger partial charge < -0.3 is 0 Å². The van der Waals surface area contributed by atoms with Gasteiger partial charge in [0.05, 0.1) is 5.69 Å². The number of benzene rings is 6. The molecular weight excluding hydrogens is 558 g/mol. The first-order valence-corrected chi connectivity index (χ1v) is 15.5. The van der Waals surface area contributed by atoms with Gasteiger partial charge in [0.25, 0.3) is 0 Å². The molecule has 46 heavy (non-hydrogen) atoms. The molecule has 0 saturated heterocycles. The molecule has 3 heterocycles. The fourth-order valence-corrected chi connectivity index (χ4v) is 6.84. The van der Waals surface area contributed by atoms with Crippen LogP contribution in [0, 0.1) is 0 Å². The van der Waals surface area contributed by atoms with Crippen LogP contribution in [0.1, 0.15) is 0 Å². The molecular formula is C43H27N3. The zero-order valence-corrected chi connectivity index (χ0v) is 24.9. The highest BCUT2D eigenvalue weighted by Crippen LogP contribution is 2.43. The van der Waals surface area contributed by atoms with E-state index in [0.29, 0.717) is 0 Å². The van der Waals surface area contributed by atoms with Crippen molar-refractivity contribution in [3.05, 3.63) is 164 Å². The van der Waals surface area contributed by atoms with E-state index in [0.717, 1.165) is 39.1 Å². The standard InChI is InChI=1S/C43H27N3/c1-2-22-46-41(7-1)36-24-34(33-6-4-21-45-27-33)23-35(25-36)38-17-13-31-14-18-39-37(16-12-30-15-19-40(38)43(31)42(30)39)29-10-8-28(9-11-29)32-5-3-20-44-26-32/h1-27H. The van der Waals surface area contributed by atoms with Gasteiger partial charge in [0.1, 0.15) is 0 Å². The fraction of sp³-hybridized carbons (Fsp3) is 0. The van der Waals surface area contributed by atoms with E-state index in [9.17, 15) is 0 Å². The highest BCUT2D eigenvalue weighted by molar-refractivity contribution is 6.27. The maximum absolute atomic E-state index is 4.69. The highest BCUT2D eigenvalue weighted by atomic mass is 14.7. The quantitative estimate of drug-likeness (QED) is 0.189. The zero-order valence-electron chi connectivity index (χ0n) is 24.9. The van der Waals surface area contributed by atoms with Crippen LogP contribution in [-0.2, 0) is 0 Å². The summed E-state index contributed by atoms with van der Waals surface area (Å²) in [6.07, 6.45) is 9.32. The third-order valence-corrected chi connectivity index (χ3v) is 9.05. The highest BCUT2D eigenvalue weighted by Gasteiger charge is 2.16. The molecule has 9 aromatic rings. The van der Waals surface area contributed by atoms with Gasteiger partial charge >= 0.3 is 0 Å². The molecule has 0 N–H and O–H groups in total. The molecule has 0 aliphatic rings. The van der Waals surface area contributed by atoms with Gasteiger partial charge in [0, 0.05) is 42.1 Å². The lowest BCUT2D eigenvalue weighted by Crippen LogP contribution is -1.91. The Morgan fingerprint density at radius 1 is 0.348 bits per heavy atom. The van der Waals surface area contributed by atoms with Crippen molar-refractivity contribution in [2.75, 3.05) is 0 Å². The average molecular weight is 586 g/mol. The van der Waals surface area contributed by atoms with Gasteiger partial charge in [-0.3, -0.25) is 15.0 Å². The first kappa shape index (κ1) is 26.2. The second kappa shape index (κ2) is 10.8. The molecule has 214 valence electrons. The summed E-state index contributed by atoms with van der Waals surface area (Å²) in [5, 5.41) is 7.61. The molecule has 0 atom stereocenters. The molecule has 3 nitrogen and oxygen atoms in total. The van der Waals surface area contributed by atoms with E-state index in [4.69, 9.17) is 0 Å². The van der Waals surface area contributed by atoms with E-state index in [2.05, 4.69) is 124 Å². The van der Waals surface area contributed by atoms with Crippen molar-refractivity contribution in [2.24, 2.45) is 0 Å². The maximum Gasteiger partial charge on any atom is 0.0702 e. The number of hydrogen-bond donors (Lipinski definition) is 0. The van der Waals surface area contributed by atoms with Crippen LogP contribution < -0.4 is 0 Å². The first-order chi connectivity index (χ1) is 22.8. The molecule has 0 spiro atoms. The maximum atomic E-state index is 4.69. The largest absolute Gasteiger partial charge is 0.264 e. The zero-order chi connectivity index (χ0) is 30.5. The van der Waals surface area contributed by atoms with Crippen LogP contribution in [0.4, 0.5) is 0 Å². The number of aromatic nitrogens is 3. The van der Waals surface area contributed by atoms with Gasteiger partial charge in [-0.25, -0.2) is 0 Å². The molecule has 0 radical (unpaired) electrons. The Hall–Kier alpha value is -6.19. The van der Waals surface area contributed by atoms with Crippen LogP contribution >= 0.6 is 0 Å². The minimum absolute atomic E-state index is 0.950. The van der Waals surface area contributed by atoms with E-state index in [1.54, 1.807) is 0 Å². The van der Waals surface area contributed by atoms with Gasteiger partial charge in [-0.2, -0.15) is 0 Å². The molecule has 0 aliphatic carbocycles. The Kier molecular flexibility index (Phi) is 6.14. The molecule has 0 bridgehead atoms. The van der Waals surface area contributed by atoms with Crippen molar-refractivity contribution in [3.63, 3.8) is 0 Å². The van der Waals surface area contributed by atoms with Gasteiger partial charge in [-0.15, -0.1) is 0 Å².